The Kier molecular flexibility index (Phi) is 6.56. The van der Waals surface area contributed by atoms with Crippen LogP contribution >= 0.6 is 11.8 Å². The molecule has 30 heavy (non-hydrogen) atoms. The summed E-state index contributed by atoms with van der Waals surface area (Å²) in [6.07, 6.45) is 7.53. The lowest BCUT2D eigenvalue weighted by molar-refractivity contribution is 0.437. The van der Waals surface area contributed by atoms with Crippen molar-refractivity contribution in [2.75, 3.05) is 24.2 Å². The molecule has 0 saturated carbocycles. The maximum Gasteiger partial charge on any atom is 0.238 e. The van der Waals surface area contributed by atoms with Crippen LogP contribution in [-0.4, -0.2) is 34.9 Å². The number of thioether (sulfide) groups is 1. The molecule has 156 valence electrons. The second-order valence-electron chi connectivity index (χ2n) is 7.80. The molecule has 3 heterocycles. The van der Waals surface area contributed by atoms with Gasteiger partial charge in [-0.2, -0.15) is 10.2 Å². The van der Waals surface area contributed by atoms with Gasteiger partial charge in [0.15, 0.2) is 0 Å². The van der Waals surface area contributed by atoms with E-state index < -0.39 is 0 Å². The normalized spacial score (nSPS) is 16.8. The van der Waals surface area contributed by atoms with E-state index in [0.29, 0.717) is 17.9 Å². The second-order valence-corrected chi connectivity index (χ2v) is 8.90. The SMILES string of the molecule is Cc1cc(/C=C/C#N)cc(C)c1Oc1nc(NC2CCNCC2)nc2c1SCCC2. The number of hydrogen-bond donors (Lipinski definition) is 2. The van der Waals surface area contributed by atoms with Crippen LogP contribution in [0.25, 0.3) is 6.08 Å². The lowest BCUT2D eigenvalue weighted by atomic mass is 10.1. The summed E-state index contributed by atoms with van der Waals surface area (Å²) in [7, 11) is 0. The van der Waals surface area contributed by atoms with Gasteiger partial charge >= 0.3 is 0 Å². The second kappa shape index (κ2) is 9.50. The zero-order chi connectivity index (χ0) is 20.9. The standard InChI is InChI=1S/C23H27N5OS/c1-15-13-17(5-3-9-24)14-16(2)20(15)29-22-21-19(6-4-12-30-21)27-23(28-22)26-18-7-10-25-11-8-18/h3,5,13-14,18,25H,4,6-8,10-12H2,1-2H3,(H,26,27,28)/b5-3+. The van der Waals surface area contributed by atoms with Gasteiger partial charge in [-0.15, -0.1) is 11.8 Å². The molecule has 2 aliphatic heterocycles. The molecule has 0 bridgehead atoms. The number of nitrogens with one attached hydrogen (secondary N) is 2. The molecule has 4 rings (SSSR count). The molecule has 0 aliphatic carbocycles. The molecular formula is C23H27N5OS. The molecule has 2 aromatic rings. The molecule has 1 aromatic heterocycles. The predicted molar refractivity (Wildman–Crippen MR) is 121 cm³/mol. The first-order valence-electron chi connectivity index (χ1n) is 10.5. The van der Waals surface area contributed by atoms with E-state index >= 15 is 0 Å². The van der Waals surface area contributed by atoms with Crippen LogP contribution in [0.1, 0.15) is 41.6 Å². The average Bonchev–Trinajstić information content (AvgIpc) is 2.75. The number of nitriles is 1. The highest BCUT2D eigenvalue weighted by atomic mass is 32.2. The van der Waals surface area contributed by atoms with E-state index in [-0.39, 0.29) is 0 Å². The van der Waals surface area contributed by atoms with Crippen molar-refractivity contribution in [2.45, 2.75) is 50.5 Å². The Hall–Kier alpha value is -2.56. The summed E-state index contributed by atoms with van der Waals surface area (Å²) in [5.74, 6) is 3.20. The van der Waals surface area contributed by atoms with Crippen LogP contribution in [-0.2, 0) is 6.42 Å². The minimum Gasteiger partial charge on any atom is -0.437 e. The van der Waals surface area contributed by atoms with Gasteiger partial charge in [-0.05, 0) is 93.3 Å². The van der Waals surface area contributed by atoms with Crippen molar-refractivity contribution < 1.29 is 4.74 Å². The van der Waals surface area contributed by atoms with Crippen LogP contribution in [0.3, 0.4) is 0 Å². The number of anilines is 1. The third-order valence-corrected chi connectivity index (χ3v) is 6.60. The lowest BCUT2D eigenvalue weighted by Crippen LogP contribution is -2.35. The zero-order valence-electron chi connectivity index (χ0n) is 17.5. The Bertz CT molecular complexity index is 969. The van der Waals surface area contributed by atoms with Crippen molar-refractivity contribution in [3.05, 3.63) is 40.6 Å². The number of nitrogens with zero attached hydrogens (tertiary/aromatic N) is 3. The zero-order valence-corrected chi connectivity index (χ0v) is 18.3. The van der Waals surface area contributed by atoms with Crippen LogP contribution in [0.5, 0.6) is 11.6 Å². The van der Waals surface area contributed by atoms with Gasteiger partial charge in [-0.1, -0.05) is 0 Å². The Labute approximate surface area is 182 Å². The van der Waals surface area contributed by atoms with Gasteiger partial charge in [0.2, 0.25) is 11.8 Å². The summed E-state index contributed by atoms with van der Waals surface area (Å²) in [6.45, 7) is 6.10. The minimum absolute atomic E-state index is 0.392. The Morgan fingerprint density at radius 1 is 1.23 bits per heavy atom. The Balaban J connectivity index is 1.65. The first kappa shape index (κ1) is 20.7. The monoisotopic (exact) mass is 421 g/mol. The van der Waals surface area contributed by atoms with Crippen LogP contribution in [0, 0.1) is 25.2 Å². The number of hydrogen-bond acceptors (Lipinski definition) is 7. The van der Waals surface area contributed by atoms with Crippen molar-refractivity contribution >= 4 is 23.8 Å². The third-order valence-electron chi connectivity index (χ3n) is 5.41. The fraction of sp³-hybridized carbons (Fsp3) is 0.435. The molecule has 7 heteroatoms. The minimum atomic E-state index is 0.392. The number of fused-ring (bicyclic) bond motifs is 1. The molecule has 0 atom stereocenters. The predicted octanol–water partition coefficient (Wildman–Crippen LogP) is 4.62. The molecule has 0 amide bonds. The summed E-state index contributed by atoms with van der Waals surface area (Å²) < 4.78 is 6.41. The van der Waals surface area contributed by atoms with Gasteiger partial charge in [0, 0.05) is 12.1 Å². The van der Waals surface area contributed by atoms with Crippen LogP contribution in [0.15, 0.2) is 23.1 Å². The van der Waals surface area contributed by atoms with Gasteiger partial charge in [-0.3, -0.25) is 0 Å². The van der Waals surface area contributed by atoms with Gasteiger partial charge in [0.1, 0.15) is 5.75 Å². The van der Waals surface area contributed by atoms with E-state index in [9.17, 15) is 0 Å². The highest BCUT2D eigenvalue weighted by molar-refractivity contribution is 7.99. The quantitative estimate of drug-likeness (QED) is 0.681. The van der Waals surface area contributed by atoms with Crippen LogP contribution < -0.4 is 15.4 Å². The number of allylic oxidation sites excluding steroid dienone is 1. The molecule has 2 aliphatic rings. The number of ether oxygens (including phenoxy) is 1. The summed E-state index contributed by atoms with van der Waals surface area (Å²) >= 11 is 1.78. The van der Waals surface area contributed by atoms with Gasteiger partial charge < -0.3 is 15.4 Å². The first-order chi connectivity index (χ1) is 14.6. The molecule has 0 unspecified atom stereocenters. The van der Waals surface area contributed by atoms with Crippen molar-refractivity contribution in [3.63, 3.8) is 0 Å². The molecule has 1 saturated heterocycles. The number of benzene rings is 1. The maximum absolute atomic E-state index is 8.78. The Morgan fingerprint density at radius 2 is 2.00 bits per heavy atom. The van der Waals surface area contributed by atoms with E-state index in [4.69, 9.17) is 20.0 Å². The van der Waals surface area contributed by atoms with Gasteiger partial charge in [0.25, 0.3) is 0 Å². The van der Waals surface area contributed by atoms with E-state index in [1.165, 1.54) is 6.08 Å². The highest BCUT2D eigenvalue weighted by Crippen LogP contribution is 2.40. The van der Waals surface area contributed by atoms with E-state index in [1.54, 1.807) is 11.8 Å². The molecule has 1 fully saturated rings. The molecule has 1 aromatic carbocycles. The summed E-state index contributed by atoms with van der Waals surface area (Å²) in [5.41, 5.74) is 4.12. The topological polar surface area (TPSA) is 82.9 Å². The number of aromatic nitrogens is 2. The number of piperidine rings is 1. The van der Waals surface area contributed by atoms with Crippen LogP contribution in [0.2, 0.25) is 0 Å². The summed E-state index contributed by atoms with van der Waals surface area (Å²) in [6, 6.07) is 6.50. The summed E-state index contributed by atoms with van der Waals surface area (Å²) in [5, 5.41) is 15.7. The average molecular weight is 422 g/mol. The van der Waals surface area contributed by atoms with Gasteiger partial charge in [-0.25, -0.2) is 4.98 Å². The molecular weight excluding hydrogens is 394 g/mol. The third kappa shape index (κ3) is 4.77. The van der Waals surface area contributed by atoms with E-state index in [2.05, 4.69) is 10.6 Å². The van der Waals surface area contributed by atoms with Gasteiger partial charge in [0.05, 0.1) is 16.7 Å². The fourth-order valence-corrected chi connectivity index (χ4v) is 4.97. The van der Waals surface area contributed by atoms with Crippen LogP contribution in [0.4, 0.5) is 5.95 Å². The van der Waals surface area contributed by atoms with Crippen molar-refractivity contribution in [1.29, 1.82) is 5.26 Å². The lowest BCUT2D eigenvalue weighted by Gasteiger charge is -2.25. The van der Waals surface area contributed by atoms with E-state index in [1.807, 2.05) is 38.1 Å². The Morgan fingerprint density at radius 3 is 2.73 bits per heavy atom. The molecule has 0 radical (unpaired) electrons. The maximum atomic E-state index is 8.78. The van der Waals surface area contributed by atoms with E-state index in [0.717, 1.165) is 77.6 Å². The van der Waals surface area contributed by atoms with Crippen molar-refractivity contribution in [3.8, 4) is 17.7 Å². The van der Waals surface area contributed by atoms with Crippen molar-refractivity contribution in [1.82, 2.24) is 15.3 Å². The molecule has 0 spiro atoms. The first-order valence-corrected chi connectivity index (χ1v) is 11.5. The smallest absolute Gasteiger partial charge is 0.238 e. The summed E-state index contributed by atoms with van der Waals surface area (Å²) in [4.78, 5) is 10.7. The van der Waals surface area contributed by atoms with Crippen molar-refractivity contribution in [2.24, 2.45) is 0 Å². The largest absolute Gasteiger partial charge is 0.437 e. The highest BCUT2D eigenvalue weighted by Gasteiger charge is 2.23. The number of rotatable bonds is 5. The molecule has 6 nitrogen and oxygen atoms in total. The fourth-order valence-electron chi connectivity index (χ4n) is 3.96. The molecule has 2 N–H and O–H groups in total. The number of aryl methyl sites for hydroxylation is 3.